The number of halogens is 1. The number of hydrogen-bond acceptors (Lipinski definition) is 5. The number of guanidine groups is 1. The maximum absolute atomic E-state index is 5.01. The van der Waals surface area contributed by atoms with E-state index in [0.29, 0.717) is 6.61 Å². The van der Waals surface area contributed by atoms with Crippen LogP contribution >= 0.6 is 24.0 Å². The van der Waals surface area contributed by atoms with Crippen molar-refractivity contribution in [2.24, 2.45) is 4.99 Å². The van der Waals surface area contributed by atoms with Gasteiger partial charge < -0.3 is 15.0 Å². The Morgan fingerprint density at radius 2 is 2.33 bits per heavy atom. The Balaban J connectivity index is 0.00000162. The number of methoxy groups -OCH3 is 1. The van der Waals surface area contributed by atoms with Crippen molar-refractivity contribution < 1.29 is 4.74 Å². The van der Waals surface area contributed by atoms with E-state index >= 15 is 0 Å². The van der Waals surface area contributed by atoms with Gasteiger partial charge in [-0.25, -0.2) is 0 Å². The largest absolute Gasteiger partial charge is 0.383 e. The van der Waals surface area contributed by atoms with Crippen molar-refractivity contribution in [3.05, 3.63) is 18.0 Å². The first-order valence-corrected chi connectivity index (χ1v) is 5.79. The molecule has 0 unspecified atom stereocenters. The maximum Gasteiger partial charge on any atom is 0.194 e. The molecule has 6 nitrogen and oxygen atoms in total. The van der Waals surface area contributed by atoms with E-state index in [-0.39, 0.29) is 24.0 Å². The molecule has 0 atom stereocenters. The number of nitrogens with one attached hydrogen (secondary N) is 1. The molecule has 102 valence electrons. The van der Waals surface area contributed by atoms with E-state index in [0.717, 1.165) is 37.7 Å². The Labute approximate surface area is 124 Å². The van der Waals surface area contributed by atoms with Crippen LogP contribution in [0.5, 0.6) is 0 Å². The zero-order valence-corrected chi connectivity index (χ0v) is 13.1. The lowest BCUT2D eigenvalue weighted by molar-refractivity contribution is 0.183. The number of likely N-dealkylation sites (N-methyl/N-ethyl adjacent to an activating group) is 1. The molecular weight excluding hydrogens is 345 g/mol. The summed E-state index contributed by atoms with van der Waals surface area (Å²) in [4.78, 5) is 6.49. The second-order valence-corrected chi connectivity index (χ2v) is 4.08. The highest BCUT2D eigenvalue weighted by molar-refractivity contribution is 14.0. The van der Waals surface area contributed by atoms with Gasteiger partial charge in [0.2, 0.25) is 0 Å². The summed E-state index contributed by atoms with van der Waals surface area (Å²) in [5.74, 6) is 0.967. The Bertz CT molecular complexity index is 393. The van der Waals surface area contributed by atoms with E-state index in [1.54, 1.807) is 7.11 Å². The third kappa shape index (κ3) is 4.13. The minimum absolute atomic E-state index is 0. The Morgan fingerprint density at radius 1 is 1.50 bits per heavy atom. The van der Waals surface area contributed by atoms with Crippen molar-refractivity contribution in [2.45, 2.75) is 13.1 Å². The van der Waals surface area contributed by atoms with Crippen LogP contribution in [0.3, 0.4) is 0 Å². The topological polar surface area (TPSA) is 54.7 Å². The monoisotopic (exact) mass is 365 g/mol. The van der Waals surface area contributed by atoms with Crippen LogP contribution in [-0.4, -0.2) is 54.5 Å². The molecule has 1 aromatic heterocycles. The molecule has 1 aliphatic rings. The van der Waals surface area contributed by atoms with Crippen molar-refractivity contribution in [1.82, 2.24) is 20.0 Å². The fraction of sp³-hybridized carbons (Fsp3) is 0.636. The minimum atomic E-state index is 0. The molecule has 0 saturated heterocycles. The predicted octanol–water partition coefficient (Wildman–Crippen LogP) is 0.538. The van der Waals surface area contributed by atoms with Gasteiger partial charge in [0, 0.05) is 39.0 Å². The molecule has 2 heterocycles. The van der Waals surface area contributed by atoms with Crippen molar-refractivity contribution in [2.75, 3.05) is 33.9 Å². The molecule has 0 aliphatic carbocycles. The number of nitrogens with zero attached hydrogens (tertiary/aromatic N) is 4. The molecular formula is C11H20IN5O. The average molecular weight is 365 g/mol. The Morgan fingerprint density at radius 3 is 3.00 bits per heavy atom. The summed E-state index contributed by atoms with van der Waals surface area (Å²) in [7, 11) is 3.74. The van der Waals surface area contributed by atoms with Crippen molar-refractivity contribution in [3.8, 4) is 0 Å². The van der Waals surface area contributed by atoms with E-state index in [2.05, 4.69) is 20.3 Å². The summed E-state index contributed by atoms with van der Waals surface area (Å²) in [6.45, 7) is 4.11. The van der Waals surface area contributed by atoms with Gasteiger partial charge in [0.05, 0.1) is 25.9 Å². The van der Waals surface area contributed by atoms with Crippen LogP contribution in [0.25, 0.3) is 0 Å². The molecule has 0 aromatic carbocycles. The standard InChI is InChI=1S/C11H19N5O.HI/c1-15-4-3-12-11(15)13-7-10-8-14-16(9-10)5-6-17-2;/h8-9H,3-7H2,1-2H3,(H,12,13);1H. The first kappa shape index (κ1) is 15.2. The summed E-state index contributed by atoms with van der Waals surface area (Å²) in [6.07, 6.45) is 3.90. The van der Waals surface area contributed by atoms with Gasteiger partial charge in [-0.3, -0.25) is 9.67 Å². The van der Waals surface area contributed by atoms with Gasteiger partial charge >= 0.3 is 0 Å². The molecule has 1 aliphatic heterocycles. The zero-order chi connectivity index (χ0) is 12.1. The summed E-state index contributed by atoms with van der Waals surface area (Å²) >= 11 is 0. The second kappa shape index (κ2) is 7.57. The molecule has 7 heteroatoms. The van der Waals surface area contributed by atoms with Crippen LogP contribution < -0.4 is 5.32 Å². The molecule has 1 aromatic rings. The molecule has 18 heavy (non-hydrogen) atoms. The maximum atomic E-state index is 5.01. The normalized spacial score (nSPS) is 14.3. The number of hydrogen-bond donors (Lipinski definition) is 1. The van der Waals surface area contributed by atoms with Gasteiger partial charge in [0.15, 0.2) is 5.96 Å². The summed E-state index contributed by atoms with van der Waals surface area (Å²) in [5, 5.41) is 7.57. The molecule has 0 radical (unpaired) electrons. The fourth-order valence-electron chi connectivity index (χ4n) is 1.71. The van der Waals surface area contributed by atoms with E-state index in [9.17, 15) is 0 Å². The van der Waals surface area contributed by atoms with Crippen LogP contribution in [0.4, 0.5) is 0 Å². The van der Waals surface area contributed by atoms with Gasteiger partial charge in [-0.05, 0) is 0 Å². The third-order valence-corrected chi connectivity index (χ3v) is 2.72. The molecule has 0 saturated carbocycles. The number of aromatic nitrogens is 2. The smallest absolute Gasteiger partial charge is 0.194 e. The van der Waals surface area contributed by atoms with Crippen molar-refractivity contribution >= 4 is 29.9 Å². The first-order chi connectivity index (χ1) is 8.29. The van der Waals surface area contributed by atoms with Crippen LogP contribution in [-0.2, 0) is 17.8 Å². The van der Waals surface area contributed by atoms with Gasteiger partial charge in [-0.2, -0.15) is 5.10 Å². The summed E-state index contributed by atoms with van der Waals surface area (Å²) < 4.78 is 6.90. The Kier molecular flexibility index (Phi) is 6.41. The number of aliphatic imine (C=N–C) groups is 1. The van der Waals surface area contributed by atoms with E-state index in [1.807, 2.05) is 24.1 Å². The predicted molar refractivity (Wildman–Crippen MR) is 81.3 cm³/mol. The Hall–Kier alpha value is -0.830. The van der Waals surface area contributed by atoms with E-state index in [1.165, 1.54) is 0 Å². The SMILES string of the molecule is COCCn1cc(CNC2=NCCN2C)cn1.I. The highest BCUT2D eigenvalue weighted by Crippen LogP contribution is 2.00. The third-order valence-electron chi connectivity index (χ3n) is 2.72. The average Bonchev–Trinajstić information content (AvgIpc) is 2.93. The summed E-state index contributed by atoms with van der Waals surface area (Å²) in [6, 6.07) is 0. The van der Waals surface area contributed by atoms with Gasteiger partial charge in [0.25, 0.3) is 0 Å². The first-order valence-electron chi connectivity index (χ1n) is 5.79. The molecule has 0 spiro atoms. The van der Waals surface area contributed by atoms with Crippen molar-refractivity contribution in [1.29, 1.82) is 0 Å². The van der Waals surface area contributed by atoms with Gasteiger partial charge in [0.1, 0.15) is 0 Å². The lowest BCUT2D eigenvalue weighted by atomic mass is 10.3. The summed E-state index contributed by atoms with van der Waals surface area (Å²) in [5.41, 5.74) is 1.16. The molecule has 1 N–H and O–H groups in total. The quantitative estimate of drug-likeness (QED) is 0.774. The zero-order valence-electron chi connectivity index (χ0n) is 10.8. The van der Waals surface area contributed by atoms with Crippen LogP contribution in [0.1, 0.15) is 5.56 Å². The molecule has 0 bridgehead atoms. The molecule has 0 amide bonds. The minimum Gasteiger partial charge on any atom is -0.383 e. The highest BCUT2D eigenvalue weighted by atomic mass is 127. The lowest BCUT2D eigenvalue weighted by Crippen LogP contribution is -2.34. The lowest BCUT2D eigenvalue weighted by Gasteiger charge is -2.14. The molecule has 2 rings (SSSR count). The van der Waals surface area contributed by atoms with Gasteiger partial charge in [-0.1, -0.05) is 0 Å². The van der Waals surface area contributed by atoms with Crippen LogP contribution in [0, 0.1) is 0 Å². The number of rotatable bonds is 5. The van der Waals surface area contributed by atoms with Crippen LogP contribution in [0.2, 0.25) is 0 Å². The van der Waals surface area contributed by atoms with E-state index < -0.39 is 0 Å². The van der Waals surface area contributed by atoms with Crippen molar-refractivity contribution in [3.63, 3.8) is 0 Å². The fourth-order valence-corrected chi connectivity index (χ4v) is 1.71. The van der Waals surface area contributed by atoms with E-state index in [4.69, 9.17) is 4.74 Å². The molecule has 0 fully saturated rings. The van der Waals surface area contributed by atoms with Crippen LogP contribution in [0.15, 0.2) is 17.4 Å². The second-order valence-electron chi connectivity index (χ2n) is 4.08. The van der Waals surface area contributed by atoms with Gasteiger partial charge in [-0.15, -0.1) is 24.0 Å². The number of ether oxygens (including phenoxy) is 1. The highest BCUT2D eigenvalue weighted by Gasteiger charge is 2.11.